The molecule has 0 aliphatic heterocycles. The van der Waals surface area contributed by atoms with Gasteiger partial charge in [-0.15, -0.1) is 0 Å². The van der Waals surface area contributed by atoms with E-state index in [1.807, 2.05) is 0 Å². The minimum atomic E-state index is 0.593. The van der Waals surface area contributed by atoms with Gasteiger partial charge in [-0.25, -0.2) is 0 Å². The zero-order valence-electron chi connectivity index (χ0n) is 5.91. The predicted molar refractivity (Wildman–Crippen MR) is 37.5 cm³/mol. The number of hydrogen-bond acceptors (Lipinski definition) is 1. The molecule has 0 aromatic heterocycles. The first-order chi connectivity index (χ1) is 3.81. The topological polar surface area (TPSA) is 12.0 Å². The lowest BCUT2D eigenvalue weighted by atomic mass is 10.1. The van der Waals surface area contributed by atoms with E-state index >= 15 is 0 Å². The van der Waals surface area contributed by atoms with Gasteiger partial charge in [-0.05, 0) is 13.3 Å². The van der Waals surface area contributed by atoms with Crippen molar-refractivity contribution in [2.75, 3.05) is 0 Å². The second-order valence-corrected chi connectivity index (χ2v) is 2.25. The van der Waals surface area contributed by atoms with Crippen LogP contribution in [0.3, 0.4) is 0 Å². The molecule has 1 nitrogen and oxygen atoms in total. The van der Waals surface area contributed by atoms with E-state index < -0.39 is 0 Å². The fraction of sp³-hybridized carbons (Fsp3) is 0.857. The van der Waals surface area contributed by atoms with Gasteiger partial charge in [-0.2, -0.15) is 0 Å². The molecule has 0 aliphatic carbocycles. The zero-order valence-corrected chi connectivity index (χ0v) is 5.91. The molecule has 0 saturated carbocycles. The first kappa shape index (κ1) is 7.96. The summed E-state index contributed by atoms with van der Waals surface area (Å²) in [6, 6.07) is 0.593. The Morgan fingerprint density at radius 3 is 2.62 bits per heavy atom. The van der Waals surface area contributed by atoms with Gasteiger partial charge in [0, 0.05) is 13.1 Å². The molecule has 1 N–H and O–H groups in total. The SMILES string of the molecule is [CH2]NC(C)CCCC. The van der Waals surface area contributed by atoms with Crippen molar-refractivity contribution in [1.82, 2.24) is 5.32 Å². The van der Waals surface area contributed by atoms with Crippen molar-refractivity contribution in [3.8, 4) is 0 Å². The van der Waals surface area contributed by atoms with Gasteiger partial charge >= 0.3 is 0 Å². The fourth-order valence-corrected chi connectivity index (χ4v) is 0.612. The highest BCUT2D eigenvalue weighted by Gasteiger charge is 1.93. The molecule has 8 heavy (non-hydrogen) atoms. The van der Waals surface area contributed by atoms with Crippen LogP contribution >= 0.6 is 0 Å². The van der Waals surface area contributed by atoms with Crippen LogP contribution in [0, 0.1) is 7.05 Å². The Morgan fingerprint density at radius 1 is 1.62 bits per heavy atom. The standard InChI is InChI=1S/C7H16N/c1-4-5-6-7(2)8-3/h7-8H,3-6H2,1-2H3. The van der Waals surface area contributed by atoms with Crippen molar-refractivity contribution in [1.29, 1.82) is 0 Å². The van der Waals surface area contributed by atoms with E-state index in [2.05, 4.69) is 26.2 Å². The largest absolute Gasteiger partial charge is 0.313 e. The second kappa shape index (κ2) is 5.10. The molecule has 0 aliphatic rings. The first-order valence-electron chi connectivity index (χ1n) is 3.33. The van der Waals surface area contributed by atoms with Gasteiger partial charge in [0.05, 0.1) is 0 Å². The summed E-state index contributed by atoms with van der Waals surface area (Å²) < 4.78 is 0. The third-order valence-electron chi connectivity index (χ3n) is 1.34. The van der Waals surface area contributed by atoms with Crippen molar-refractivity contribution in [2.24, 2.45) is 0 Å². The quantitative estimate of drug-likeness (QED) is 0.589. The monoisotopic (exact) mass is 114 g/mol. The predicted octanol–water partition coefficient (Wildman–Crippen LogP) is 1.95. The Kier molecular flexibility index (Phi) is 5.08. The van der Waals surface area contributed by atoms with E-state index in [1.165, 1.54) is 19.3 Å². The minimum absolute atomic E-state index is 0.593. The van der Waals surface area contributed by atoms with E-state index in [1.54, 1.807) is 0 Å². The maximum Gasteiger partial charge on any atom is 0.00793 e. The molecule has 0 aromatic rings. The molecule has 1 atom stereocenters. The third kappa shape index (κ3) is 4.13. The summed E-state index contributed by atoms with van der Waals surface area (Å²) in [5.41, 5.74) is 0. The van der Waals surface area contributed by atoms with Crippen LogP contribution in [-0.4, -0.2) is 6.04 Å². The van der Waals surface area contributed by atoms with Crippen LogP contribution in [0.15, 0.2) is 0 Å². The summed E-state index contributed by atoms with van der Waals surface area (Å²) in [4.78, 5) is 0. The Bertz CT molecular complexity index is 43.7. The summed E-state index contributed by atoms with van der Waals surface area (Å²) >= 11 is 0. The molecule has 49 valence electrons. The summed E-state index contributed by atoms with van der Waals surface area (Å²) in [5.74, 6) is 0. The van der Waals surface area contributed by atoms with Crippen LogP contribution < -0.4 is 5.32 Å². The highest BCUT2D eigenvalue weighted by atomic mass is 14.8. The molecule has 1 radical (unpaired) electrons. The minimum Gasteiger partial charge on any atom is -0.313 e. The summed E-state index contributed by atoms with van der Waals surface area (Å²) in [6.45, 7) is 4.36. The number of unbranched alkanes of at least 4 members (excludes halogenated alkanes) is 1. The van der Waals surface area contributed by atoms with Crippen LogP contribution in [0.1, 0.15) is 33.1 Å². The number of nitrogens with one attached hydrogen (secondary N) is 1. The van der Waals surface area contributed by atoms with Crippen LogP contribution in [0.2, 0.25) is 0 Å². The van der Waals surface area contributed by atoms with Crippen molar-refractivity contribution < 1.29 is 0 Å². The van der Waals surface area contributed by atoms with Crippen LogP contribution in [0.5, 0.6) is 0 Å². The van der Waals surface area contributed by atoms with Crippen molar-refractivity contribution >= 4 is 0 Å². The van der Waals surface area contributed by atoms with Gasteiger partial charge in [0.15, 0.2) is 0 Å². The second-order valence-electron chi connectivity index (χ2n) is 2.25. The molecule has 0 aromatic carbocycles. The van der Waals surface area contributed by atoms with Crippen molar-refractivity contribution in [2.45, 2.75) is 39.2 Å². The average molecular weight is 114 g/mol. The molecule has 1 heteroatoms. The van der Waals surface area contributed by atoms with E-state index in [9.17, 15) is 0 Å². The maximum atomic E-state index is 3.59. The van der Waals surface area contributed by atoms with Crippen LogP contribution in [0.25, 0.3) is 0 Å². The van der Waals surface area contributed by atoms with Crippen LogP contribution in [-0.2, 0) is 0 Å². The zero-order chi connectivity index (χ0) is 6.41. The molecule has 0 spiro atoms. The summed E-state index contributed by atoms with van der Waals surface area (Å²) in [5, 5.41) is 2.95. The normalized spacial score (nSPS) is 13.9. The van der Waals surface area contributed by atoms with E-state index in [4.69, 9.17) is 0 Å². The maximum absolute atomic E-state index is 3.59. The van der Waals surface area contributed by atoms with Gasteiger partial charge in [0.1, 0.15) is 0 Å². The molecule has 0 fully saturated rings. The van der Waals surface area contributed by atoms with Gasteiger partial charge in [-0.3, -0.25) is 0 Å². The van der Waals surface area contributed by atoms with Gasteiger partial charge < -0.3 is 5.32 Å². The Morgan fingerprint density at radius 2 is 2.25 bits per heavy atom. The van der Waals surface area contributed by atoms with E-state index in [0.29, 0.717) is 6.04 Å². The lowest BCUT2D eigenvalue weighted by Crippen LogP contribution is -2.18. The third-order valence-corrected chi connectivity index (χ3v) is 1.34. The smallest absolute Gasteiger partial charge is 0.00793 e. The first-order valence-corrected chi connectivity index (χ1v) is 3.33. The van der Waals surface area contributed by atoms with Crippen LogP contribution in [0.4, 0.5) is 0 Å². The highest BCUT2D eigenvalue weighted by Crippen LogP contribution is 1.97. The number of hydrogen-bond donors (Lipinski definition) is 1. The lowest BCUT2D eigenvalue weighted by Gasteiger charge is -2.06. The van der Waals surface area contributed by atoms with Gasteiger partial charge in [0.25, 0.3) is 0 Å². The molecule has 0 heterocycles. The highest BCUT2D eigenvalue weighted by molar-refractivity contribution is 4.57. The molecule has 0 bridgehead atoms. The average Bonchev–Trinajstić information content (AvgIpc) is 1.83. The molecule has 0 rings (SSSR count). The molecule has 0 amide bonds. The Labute approximate surface area is 52.5 Å². The van der Waals surface area contributed by atoms with Gasteiger partial charge in [-0.1, -0.05) is 19.8 Å². The van der Waals surface area contributed by atoms with Crippen molar-refractivity contribution in [3.05, 3.63) is 7.05 Å². The fourth-order valence-electron chi connectivity index (χ4n) is 0.612. The molecular weight excluding hydrogens is 98.1 g/mol. The van der Waals surface area contributed by atoms with E-state index in [0.717, 1.165) is 0 Å². The molecular formula is C7H16N. The Hall–Kier alpha value is -0.0400. The Balaban J connectivity index is 2.86. The lowest BCUT2D eigenvalue weighted by molar-refractivity contribution is 0.553. The van der Waals surface area contributed by atoms with Crippen molar-refractivity contribution in [3.63, 3.8) is 0 Å². The molecule has 0 saturated heterocycles. The number of rotatable bonds is 4. The van der Waals surface area contributed by atoms with Gasteiger partial charge in [0.2, 0.25) is 0 Å². The van der Waals surface area contributed by atoms with E-state index in [-0.39, 0.29) is 0 Å². The molecule has 1 unspecified atom stereocenters. The summed E-state index contributed by atoms with van der Waals surface area (Å²) in [7, 11) is 3.59. The summed E-state index contributed by atoms with van der Waals surface area (Å²) in [6.07, 6.45) is 3.84.